The third-order valence-corrected chi connectivity index (χ3v) is 5.77. The number of aromatic nitrogens is 2. The zero-order valence-corrected chi connectivity index (χ0v) is 19.9. The molecule has 0 saturated heterocycles. The second-order valence-electron chi connectivity index (χ2n) is 7.84. The first kappa shape index (κ1) is 25.6. The standard InChI is InChI=1S/C23H28N3O7P/c1-3-4-9-32-23(28)21(10-16-11-25-20-8-6-5-7-18(16)20)26-13-19-17(14-33-34(29,30)31)12-24-15(2)22(19)27/h5-8,11-13,21,25,27H,3-4,9-10,14H2,1-2H3,(H2,29,30,31)/p+1/t21-/m0/s1. The fourth-order valence-corrected chi connectivity index (χ4v) is 3.72. The lowest BCUT2D eigenvalue weighted by Crippen LogP contribution is -2.80. The molecule has 34 heavy (non-hydrogen) atoms. The summed E-state index contributed by atoms with van der Waals surface area (Å²) in [5.41, 5.74) is 2.62. The molecule has 0 aliphatic heterocycles. The Morgan fingerprint density at radius 3 is 2.79 bits per heavy atom. The van der Waals surface area contributed by atoms with Gasteiger partial charge in [-0.3, -0.25) is 9.51 Å². The van der Waals surface area contributed by atoms with Gasteiger partial charge in [-0.2, -0.15) is 0 Å². The number of fused-ring (bicyclic) bond motifs is 1. The summed E-state index contributed by atoms with van der Waals surface area (Å²) < 4.78 is 21.1. The summed E-state index contributed by atoms with van der Waals surface area (Å²) in [6.45, 7) is 3.40. The van der Waals surface area contributed by atoms with Crippen LogP contribution in [0.3, 0.4) is 0 Å². The van der Waals surface area contributed by atoms with Gasteiger partial charge in [0, 0.05) is 35.3 Å². The average Bonchev–Trinajstić information content (AvgIpc) is 3.20. The largest absolute Gasteiger partial charge is 0.505 e. The highest BCUT2D eigenvalue weighted by molar-refractivity contribution is 7.46. The van der Waals surface area contributed by atoms with Gasteiger partial charge in [0.05, 0.1) is 24.5 Å². The van der Waals surface area contributed by atoms with Crippen LogP contribution in [0.15, 0.2) is 36.7 Å². The smallest absolute Gasteiger partial charge is 0.469 e. The molecule has 0 unspecified atom stereocenters. The quantitative estimate of drug-likeness (QED) is 0.118. The topological polar surface area (TPSA) is 156 Å². The number of hydrogen-bond donors (Lipinski definition) is 5. The van der Waals surface area contributed by atoms with Gasteiger partial charge in [-0.1, -0.05) is 31.5 Å². The van der Waals surface area contributed by atoms with Crippen molar-refractivity contribution >= 4 is 30.9 Å². The second-order valence-corrected chi connectivity index (χ2v) is 9.08. The molecule has 2 heterocycles. The molecule has 3 aromatic rings. The molecular formula is C23H29N3O7P+. The first-order chi connectivity index (χ1) is 16.2. The molecule has 1 aromatic carbocycles. The number of ether oxygens (including phenoxy) is 1. The van der Waals surface area contributed by atoms with Crippen molar-refractivity contribution in [2.75, 3.05) is 6.61 Å². The molecule has 0 saturated carbocycles. The van der Waals surface area contributed by atoms with Crippen LogP contribution in [-0.2, 0) is 31.6 Å². The molecule has 2 aromatic heterocycles. The van der Waals surface area contributed by atoms with Gasteiger partial charge in [-0.05, 0) is 25.0 Å². The third kappa shape index (κ3) is 6.74. The van der Waals surface area contributed by atoms with Crippen LogP contribution >= 0.6 is 7.82 Å². The Labute approximate surface area is 196 Å². The number of hydrogen-bond acceptors (Lipinski definition) is 6. The number of phosphoric ester groups is 1. The molecule has 5 N–H and O–H groups in total. The van der Waals surface area contributed by atoms with Crippen LogP contribution in [0.25, 0.3) is 10.9 Å². The predicted molar refractivity (Wildman–Crippen MR) is 125 cm³/mol. The van der Waals surface area contributed by atoms with E-state index in [2.05, 4.69) is 19.5 Å². The van der Waals surface area contributed by atoms with Crippen molar-refractivity contribution in [3.05, 3.63) is 59.0 Å². The molecule has 0 amide bonds. The summed E-state index contributed by atoms with van der Waals surface area (Å²) in [5, 5.41) is 11.5. The lowest BCUT2D eigenvalue weighted by molar-refractivity contribution is -0.485. The Bertz CT molecular complexity index is 1220. The SMILES string of the molecule is CCCCOC(=O)[C@H](Cc1c[nH]c2ccccc12)[NH+]=Cc1c(COP(=O)(O)O)cnc(C)c1O. The van der Waals surface area contributed by atoms with Crippen LogP contribution in [0.1, 0.15) is 42.1 Å². The van der Waals surface area contributed by atoms with E-state index >= 15 is 0 Å². The molecular weight excluding hydrogens is 461 g/mol. The maximum Gasteiger partial charge on any atom is 0.469 e. The molecule has 1 atom stereocenters. The number of phosphoric acid groups is 1. The zero-order chi connectivity index (χ0) is 24.7. The van der Waals surface area contributed by atoms with E-state index in [1.54, 1.807) is 6.92 Å². The Balaban J connectivity index is 1.92. The van der Waals surface area contributed by atoms with Crippen molar-refractivity contribution in [3.8, 4) is 5.75 Å². The van der Waals surface area contributed by atoms with E-state index in [1.807, 2.05) is 37.4 Å². The van der Waals surface area contributed by atoms with E-state index in [0.29, 0.717) is 18.7 Å². The predicted octanol–water partition coefficient (Wildman–Crippen LogP) is 1.64. The Kier molecular flexibility index (Phi) is 8.57. The van der Waals surface area contributed by atoms with Gasteiger partial charge in [0.25, 0.3) is 6.04 Å². The first-order valence-electron chi connectivity index (χ1n) is 10.9. The molecule has 0 aliphatic rings. The van der Waals surface area contributed by atoms with Gasteiger partial charge in [0.1, 0.15) is 5.75 Å². The molecule has 10 nitrogen and oxygen atoms in total. The summed E-state index contributed by atoms with van der Waals surface area (Å²) in [4.78, 5) is 41.2. The van der Waals surface area contributed by atoms with Crippen molar-refractivity contribution in [1.29, 1.82) is 0 Å². The van der Waals surface area contributed by atoms with Gasteiger partial charge in [0.2, 0.25) is 0 Å². The number of aromatic amines is 1. The molecule has 11 heteroatoms. The minimum absolute atomic E-state index is 0.190. The maximum absolute atomic E-state index is 12.9. The number of carbonyl (C=O) groups excluding carboxylic acids is 1. The van der Waals surface area contributed by atoms with Crippen LogP contribution in [0.4, 0.5) is 0 Å². The van der Waals surface area contributed by atoms with Crippen LogP contribution < -0.4 is 4.99 Å². The highest BCUT2D eigenvalue weighted by atomic mass is 31.2. The fraction of sp³-hybridized carbons (Fsp3) is 0.348. The minimum atomic E-state index is -4.73. The third-order valence-electron chi connectivity index (χ3n) is 5.30. The van der Waals surface area contributed by atoms with Crippen molar-refractivity contribution in [3.63, 3.8) is 0 Å². The molecule has 0 fully saturated rings. The molecule has 182 valence electrons. The van der Waals surface area contributed by atoms with Gasteiger partial charge >= 0.3 is 13.8 Å². The molecule has 3 rings (SSSR count). The molecule has 0 bridgehead atoms. The lowest BCUT2D eigenvalue weighted by atomic mass is 10.0. The van der Waals surface area contributed by atoms with E-state index in [0.717, 1.165) is 29.3 Å². The number of benzene rings is 1. The number of nitrogens with one attached hydrogen (secondary N) is 2. The highest BCUT2D eigenvalue weighted by Gasteiger charge is 2.27. The van der Waals surface area contributed by atoms with Crippen LogP contribution in [0.5, 0.6) is 5.75 Å². The Morgan fingerprint density at radius 2 is 2.06 bits per heavy atom. The number of nitrogens with zero attached hydrogens (tertiary/aromatic N) is 1. The number of H-pyrrole nitrogens is 1. The fourth-order valence-electron chi connectivity index (χ4n) is 3.41. The maximum atomic E-state index is 12.9. The Hall–Kier alpha value is -3.04. The Morgan fingerprint density at radius 1 is 1.29 bits per heavy atom. The highest BCUT2D eigenvalue weighted by Crippen LogP contribution is 2.37. The summed E-state index contributed by atoms with van der Waals surface area (Å²) >= 11 is 0. The number of unbranched alkanes of at least 4 members (excludes halogenated alkanes) is 1. The van der Waals surface area contributed by atoms with Gasteiger partial charge in [0.15, 0.2) is 6.21 Å². The van der Waals surface area contributed by atoms with E-state index in [9.17, 15) is 14.5 Å². The number of aromatic hydroxyl groups is 1. The summed E-state index contributed by atoms with van der Waals surface area (Å²) in [7, 11) is -4.73. The van der Waals surface area contributed by atoms with Crippen molar-refractivity contribution in [1.82, 2.24) is 9.97 Å². The van der Waals surface area contributed by atoms with Gasteiger partial charge in [-0.25, -0.2) is 14.4 Å². The molecule has 0 radical (unpaired) electrons. The van der Waals surface area contributed by atoms with Crippen molar-refractivity contribution in [2.24, 2.45) is 0 Å². The summed E-state index contributed by atoms with van der Waals surface area (Å²) in [6, 6.07) is 6.96. The van der Waals surface area contributed by atoms with Crippen LogP contribution in [0.2, 0.25) is 0 Å². The average molecular weight is 490 g/mol. The number of aryl methyl sites for hydroxylation is 1. The number of rotatable bonds is 11. The van der Waals surface area contributed by atoms with Crippen LogP contribution in [0, 0.1) is 6.92 Å². The lowest BCUT2D eigenvalue weighted by Gasteiger charge is -2.11. The van der Waals surface area contributed by atoms with E-state index < -0.39 is 26.4 Å². The monoisotopic (exact) mass is 490 g/mol. The normalized spacial score (nSPS) is 12.9. The summed E-state index contributed by atoms with van der Waals surface area (Å²) in [6.07, 6.45) is 6.54. The summed E-state index contributed by atoms with van der Waals surface area (Å²) in [5.74, 6) is -0.641. The number of carbonyl (C=O) groups is 1. The second kappa shape index (κ2) is 11.4. The molecule has 0 aliphatic carbocycles. The van der Waals surface area contributed by atoms with Crippen LogP contribution in [-0.4, -0.2) is 49.7 Å². The number of esters is 1. The van der Waals surface area contributed by atoms with Crippen molar-refractivity contribution < 1.29 is 38.5 Å². The van der Waals surface area contributed by atoms with Gasteiger partial charge < -0.3 is 24.6 Å². The first-order valence-corrected chi connectivity index (χ1v) is 12.4. The van der Waals surface area contributed by atoms with Crippen molar-refractivity contribution in [2.45, 2.75) is 45.8 Å². The van der Waals surface area contributed by atoms with E-state index in [1.165, 1.54) is 12.4 Å². The minimum Gasteiger partial charge on any atom is -0.505 e. The molecule has 0 spiro atoms. The van der Waals surface area contributed by atoms with E-state index in [4.69, 9.17) is 14.5 Å². The number of pyridine rings is 1. The zero-order valence-electron chi connectivity index (χ0n) is 19.0. The number of para-hydroxylation sites is 1. The van der Waals surface area contributed by atoms with Gasteiger partial charge in [-0.15, -0.1) is 0 Å². The van der Waals surface area contributed by atoms with E-state index in [-0.39, 0.29) is 16.9 Å².